The lowest BCUT2D eigenvalue weighted by Gasteiger charge is -2.05. The highest BCUT2D eigenvalue weighted by Crippen LogP contribution is 2.28. The van der Waals surface area contributed by atoms with Crippen LogP contribution in [0.25, 0.3) is 23.8 Å². The number of aromatic carboxylic acids is 1. The van der Waals surface area contributed by atoms with Gasteiger partial charge < -0.3 is 5.11 Å². The molecule has 0 saturated heterocycles. The average Bonchev–Trinajstić information content (AvgIpc) is 2.69. The normalized spacial score (nSPS) is 11.5. The van der Waals surface area contributed by atoms with Crippen molar-refractivity contribution in [1.29, 1.82) is 0 Å². The van der Waals surface area contributed by atoms with Crippen molar-refractivity contribution in [1.82, 2.24) is 0 Å². The number of hydrogen-bond acceptors (Lipinski definition) is 1. The first kappa shape index (κ1) is 9.85. The molecule has 82 valence electrons. The average molecular weight is 222 g/mol. The monoisotopic (exact) mass is 222 g/mol. The van der Waals surface area contributed by atoms with Crippen LogP contribution in [0, 0.1) is 0 Å². The second-order valence-electron chi connectivity index (χ2n) is 4.10. The molecule has 0 aromatic heterocycles. The Morgan fingerprint density at radius 1 is 1.12 bits per heavy atom. The molecule has 0 atom stereocenters. The maximum absolute atomic E-state index is 11.2. The zero-order valence-electron chi connectivity index (χ0n) is 9.10. The van der Waals surface area contributed by atoms with Crippen molar-refractivity contribution in [2.24, 2.45) is 0 Å². The molecule has 2 heteroatoms. The van der Waals surface area contributed by atoms with Gasteiger partial charge in [-0.05, 0) is 33.7 Å². The summed E-state index contributed by atoms with van der Waals surface area (Å²) in [5, 5.41) is 11.0. The molecule has 2 aromatic carbocycles. The molecular formula is C15H10O2. The molecule has 2 aromatic rings. The summed E-state index contributed by atoms with van der Waals surface area (Å²) in [5.41, 5.74) is 3.17. The maximum Gasteiger partial charge on any atom is 0.336 e. The minimum Gasteiger partial charge on any atom is -0.478 e. The van der Waals surface area contributed by atoms with E-state index in [9.17, 15) is 9.90 Å². The zero-order valence-corrected chi connectivity index (χ0v) is 9.10. The number of carboxylic acids is 1. The van der Waals surface area contributed by atoms with E-state index in [1.807, 2.05) is 30.3 Å². The summed E-state index contributed by atoms with van der Waals surface area (Å²) < 4.78 is 0. The van der Waals surface area contributed by atoms with Gasteiger partial charge in [-0.25, -0.2) is 4.79 Å². The number of benzene rings is 2. The van der Waals surface area contributed by atoms with Crippen LogP contribution in [0.5, 0.6) is 0 Å². The summed E-state index contributed by atoms with van der Waals surface area (Å²) in [4.78, 5) is 11.2. The Morgan fingerprint density at radius 3 is 2.65 bits per heavy atom. The number of fused-ring (bicyclic) bond motifs is 3. The molecule has 2 nitrogen and oxygen atoms in total. The lowest BCUT2D eigenvalue weighted by molar-refractivity contribution is 0.0697. The van der Waals surface area contributed by atoms with Crippen LogP contribution in [0.4, 0.5) is 0 Å². The van der Waals surface area contributed by atoms with E-state index in [0.29, 0.717) is 5.56 Å². The highest BCUT2D eigenvalue weighted by atomic mass is 16.4. The highest BCUT2D eigenvalue weighted by Gasteiger charge is 2.18. The zero-order chi connectivity index (χ0) is 12.0. The smallest absolute Gasteiger partial charge is 0.336 e. The molecule has 3 rings (SSSR count). The Hall–Kier alpha value is -2.35. The molecule has 0 unspecified atom stereocenters. The summed E-state index contributed by atoms with van der Waals surface area (Å²) in [5.74, 6) is -0.897. The molecule has 0 aliphatic heterocycles. The van der Waals surface area contributed by atoms with Gasteiger partial charge in [-0.2, -0.15) is 0 Å². The minimum absolute atomic E-state index is 0.341. The molecule has 1 N–H and O–H groups in total. The maximum atomic E-state index is 11.2. The van der Waals surface area contributed by atoms with Crippen molar-refractivity contribution < 1.29 is 9.90 Å². The van der Waals surface area contributed by atoms with Crippen LogP contribution in [-0.2, 0) is 0 Å². The van der Waals surface area contributed by atoms with Crippen molar-refractivity contribution in [2.45, 2.75) is 0 Å². The summed E-state index contributed by atoms with van der Waals surface area (Å²) in [6.45, 7) is 3.95. The van der Waals surface area contributed by atoms with Gasteiger partial charge >= 0.3 is 5.97 Å². The van der Waals surface area contributed by atoms with Gasteiger partial charge in [0, 0.05) is 5.56 Å². The third kappa shape index (κ3) is 1.31. The molecule has 17 heavy (non-hydrogen) atoms. The molecule has 0 heterocycles. The second-order valence-corrected chi connectivity index (χ2v) is 4.10. The summed E-state index contributed by atoms with van der Waals surface area (Å²) >= 11 is 0. The summed E-state index contributed by atoms with van der Waals surface area (Å²) in [7, 11) is 0. The Bertz CT molecular complexity index is 742. The van der Waals surface area contributed by atoms with Crippen molar-refractivity contribution in [3.05, 3.63) is 58.0 Å². The van der Waals surface area contributed by atoms with E-state index in [2.05, 4.69) is 6.58 Å². The lowest BCUT2D eigenvalue weighted by atomic mass is 9.99. The Labute approximate surface area is 98.2 Å². The van der Waals surface area contributed by atoms with Crippen LogP contribution in [0.2, 0.25) is 0 Å². The first-order valence-electron chi connectivity index (χ1n) is 5.35. The van der Waals surface area contributed by atoms with Crippen LogP contribution in [-0.4, -0.2) is 11.1 Å². The number of hydrogen-bond donors (Lipinski definition) is 1. The van der Waals surface area contributed by atoms with Gasteiger partial charge in [0.05, 0.1) is 5.56 Å². The van der Waals surface area contributed by atoms with Crippen LogP contribution >= 0.6 is 0 Å². The Morgan fingerprint density at radius 2 is 1.88 bits per heavy atom. The molecule has 0 fully saturated rings. The van der Waals surface area contributed by atoms with Gasteiger partial charge in [-0.3, -0.25) is 0 Å². The van der Waals surface area contributed by atoms with Gasteiger partial charge in [-0.1, -0.05) is 36.9 Å². The summed E-state index contributed by atoms with van der Waals surface area (Å²) in [6, 6.07) is 11.2. The van der Waals surface area contributed by atoms with E-state index in [4.69, 9.17) is 0 Å². The van der Waals surface area contributed by atoms with Gasteiger partial charge in [0.2, 0.25) is 0 Å². The fourth-order valence-corrected chi connectivity index (χ4v) is 2.30. The number of carbonyl (C=O) groups is 1. The second kappa shape index (κ2) is 3.32. The molecule has 0 saturated carbocycles. The first-order valence-corrected chi connectivity index (χ1v) is 5.35. The lowest BCUT2D eigenvalue weighted by Crippen LogP contribution is -2.25. The molecule has 0 bridgehead atoms. The topological polar surface area (TPSA) is 37.3 Å². The van der Waals surface area contributed by atoms with E-state index in [0.717, 1.165) is 27.1 Å². The van der Waals surface area contributed by atoms with Crippen molar-refractivity contribution in [2.75, 3.05) is 0 Å². The van der Waals surface area contributed by atoms with Gasteiger partial charge in [0.25, 0.3) is 0 Å². The quantitative estimate of drug-likeness (QED) is 0.679. The van der Waals surface area contributed by atoms with E-state index < -0.39 is 5.97 Å². The van der Waals surface area contributed by atoms with Crippen LogP contribution in [0.3, 0.4) is 0 Å². The van der Waals surface area contributed by atoms with E-state index in [1.165, 1.54) is 0 Å². The highest BCUT2D eigenvalue weighted by molar-refractivity contribution is 5.99. The molecule has 1 aliphatic carbocycles. The minimum atomic E-state index is -0.897. The third-order valence-electron chi connectivity index (χ3n) is 3.10. The van der Waals surface area contributed by atoms with Crippen LogP contribution < -0.4 is 10.4 Å². The van der Waals surface area contributed by atoms with Crippen molar-refractivity contribution in [3.8, 4) is 11.1 Å². The number of rotatable bonds is 1. The Balaban J connectivity index is 2.49. The molecule has 0 spiro atoms. The fraction of sp³-hybridized carbons (Fsp3) is 0. The van der Waals surface area contributed by atoms with E-state index >= 15 is 0 Å². The van der Waals surface area contributed by atoms with Gasteiger partial charge in [0.1, 0.15) is 0 Å². The third-order valence-corrected chi connectivity index (χ3v) is 3.10. The molecule has 0 radical (unpaired) electrons. The number of carboxylic acid groups (broad SMARTS) is 1. The summed E-state index contributed by atoms with van der Waals surface area (Å²) in [6.07, 6.45) is 2.00. The van der Waals surface area contributed by atoms with Gasteiger partial charge in [0.15, 0.2) is 0 Å². The standard InChI is InChI=1S/C15H10O2/c1-9-6-7-12(15(16)17)14-11-5-3-2-4-10(11)8-13(9)14/h2-8H,1H2,(H,16,17). The van der Waals surface area contributed by atoms with Gasteiger partial charge in [-0.15, -0.1) is 0 Å². The van der Waals surface area contributed by atoms with Crippen LogP contribution in [0.15, 0.2) is 36.4 Å². The molecule has 0 amide bonds. The van der Waals surface area contributed by atoms with E-state index in [-0.39, 0.29) is 0 Å². The van der Waals surface area contributed by atoms with E-state index in [1.54, 1.807) is 12.1 Å². The first-order chi connectivity index (χ1) is 8.18. The Kier molecular flexibility index (Phi) is 1.92. The molecular weight excluding hydrogens is 212 g/mol. The molecule has 1 aliphatic rings. The van der Waals surface area contributed by atoms with Crippen LogP contribution in [0.1, 0.15) is 15.9 Å². The predicted octanol–water partition coefficient (Wildman–Crippen LogP) is 1.60. The largest absolute Gasteiger partial charge is 0.478 e. The predicted molar refractivity (Wildman–Crippen MR) is 67.2 cm³/mol. The fourth-order valence-electron chi connectivity index (χ4n) is 2.30. The van der Waals surface area contributed by atoms with Crippen molar-refractivity contribution >= 4 is 18.6 Å². The van der Waals surface area contributed by atoms with Crippen molar-refractivity contribution in [3.63, 3.8) is 0 Å². The SMILES string of the molecule is C=c1ccc(C(=O)O)c2c1=Cc1ccccc1-2.